The van der Waals surface area contributed by atoms with Gasteiger partial charge in [-0.25, -0.2) is 0 Å². The number of hydrogen-bond acceptors (Lipinski definition) is 4. The van der Waals surface area contributed by atoms with Gasteiger partial charge in [0.05, 0.1) is 12.1 Å². The molecule has 5 heteroatoms. The van der Waals surface area contributed by atoms with Crippen LogP contribution in [0.4, 0.5) is 0 Å². The second kappa shape index (κ2) is 5.69. The molecule has 0 aromatic heterocycles. The molecule has 0 spiro atoms. The van der Waals surface area contributed by atoms with E-state index in [-0.39, 0.29) is 6.10 Å². The molecule has 17 heavy (non-hydrogen) atoms. The number of hydroxylamine groups is 1. The van der Waals surface area contributed by atoms with Crippen molar-refractivity contribution in [1.82, 2.24) is 10.4 Å². The Labute approximate surface area is 106 Å². The first kappa shape index (κ1) is 12.6. The largest absolute Gasteiger partial charge is 0.486 e. The van der Waals surface area contributed by atoms with Crippen molar-refractivity contribution in [3.63, 3.8) is 0 Å². The van der Waals surface area contributed by atoms with E-state index in [1.54, 1.807) is 7.11 Å². The van der Waals surface area contributed by atoms with Crippen molar-refractivity contribution < 1.29 is 9.57 Å². The summed E-state index contributed by atoms with van der Waals surface area (Å²) in [7, 11) is 3.66. The van der Waals surface area contributed by atoms with Crippen LogP contribution in [0, 0.1) is 0 Å². The molecule has 0 bridgehead atoms. The molecular formula is C12H17ClN2O2. The molecule has 1 aliphatic rings. The molecule has 1 fully saturated rings. The highest BCUT2D eigenvalue weighted by Crippen LogP contribution is 2.27. The molecule has 1 aromatic carbocycles. The third-order valence-electron chi connectivity index (χ3n) is 2.74. The average molecular weight is 257 g/mol. The van der Waals surface area contributed by atoms with E-state index in [4.69, 9.17) is 21.2 Å². The van der Waals surface area contributed by atoms with Crippen LogP contribution in [0.2, 0.25) is 5.02 Å². The zero-order chi connectivity index (χ0) is 12.3. The molecule has 94 valence electrons. The third kappa shape index (κ3) is 3.33. The predicted octanol–water partition coefficient (Wildman–Crippen LogP) is 1.68. The van der Waals surface area contributed by atoms with Gasteiger partial charge in [-0.2, -0.15) is 5.48 Å². The normalized spacial score (nSPS) is 16.9. The molecule has 0 unspecified atom stereocenters. The van der Waals surface area contributed by atoms with Gasteiger partial charge in [-0.3, -0.25) is 4.90 Å². The first-order valence-electron chi connectivity index (χ1n) is 5.58. The van der Waals surface area contributed by atoms with Crippen LogP contribution in [0.15, 0.2) is 18.2 Å². The zero-order valence-corrected chi connectivity index (χ0v) is 10.8. The summed E-state index contributed by atoms with van der Waals surface area (Å²) >= 11 is 6.16. The monoisotopic (exact) mass is 256 g/mol. The molecule has 0 amide bonds. The summed E-state index contributed by atoms with van der Waals surface area (Å²) in [5.74, 6) is 0.755. The average Bonchev–Trinajstić information content (AvgIpc) is 2.27. The summed E-state index contributed by atoms with van der Waals surface area (Å²) < 4.78 is 5.79. The smallest absolute Gasteiger partial charge is 0.138 e. The molecule has 0 radical (unpaired) electrons. The van der Waals surface area contributed by atoms with Gasteiger partial charge in [0.25, 0.3) is 0 Å². The van der Waals surface area contributed by atoms with Crippen LogP contribution in [0.25, 0.3) is 0 Å². The summed E-state index contributed by atoms with van der Waals surface area (Å²) in [6, 6.07) is 5.79. The van der Waals surface area contributed by atoms with Gasteiger partial charge in [-0.15, -0.1) is 0 Å². The zero-order valence-electron chi connectivity index (χ0n) is 10.1. The number of nitrogens with zero attached hydrogens (tertiary/aromatic N) is 1. The SMILES string of the molecule is CONCc1ccc(OC2CN(C)C2)c(Cl)c1. The minimum atomic E-state index is 0.264. The first-order valence-corrected chi connectivity index (χ1v) is 5.96. The molecule has 1 heterocycles. The summed E-state index contributed by atoms with van der Waals surface area (Å²) in [5.41, 5.74) is 3.84. The lowest BCUT2D eigenvalue weighted by Crippen LogP contribution is -2.51. The van der Waals surface area contributed by atoms with E-state index in [9.17, 15) is 0 Å². The van der Waals surface area contributed by atoms with Gasteiger partial charge in [0, 0.05) is 19.6 Å². The third-order valence-corrected chi connectivity index (χ3v) is 3.04. The van der Waals surface area contributed by atoms with Gasteiger partial charge in [0.15, 0.2) is 0 Å². The number of hydrogen-bond donors (Lipinski definition) is 1. The van der Waals surface area contributed by atoms with Crippen LogP contribution in [-0.2, 0) is 11.4 Å². The highest BCUT2D eigenvalue weighted by molar-refractivity contribution is 6.32. The van der Waals surface area contributed by atoms with Crippen molar-refractivity contribution in [3.05, 3.63) is 28.8 Å². The number of ether oxygens (including phenoxy) is 1. The molecule has 1 N–H and O–H groups in total. The van der Waals surface area contributed by atoms with Crippen molar-refractivity contribution >= 4 is 11.6 Å². The van der Waals surface area contributed by atoms with Crippen molar-refractivity contribution in [2.45, 2.75) is 12.6 Å². The Morgan fingerprint density at radius 2 is 2.24 bits per heavy atom. The summed E-state index contributed by atoms with van der Waals surface area (Å²) in [6.07, 6.45) is 0.264. The lowest BCUT2D eigenvalue weighted by atomic mass is 10.2. The number of nitrogens with one attached hydrogen (secondary N) is 1. The lowest BCUT2D eigenvalue weighted by molar-refractivity contribution is 0.0388. The van der Waals surface area contributed by atoms with Crippen molar-refractivity contribution in [3.8, 4) is 5.75 Å². The molecule has 0 atom stereocenters. The Bertz CT molecular complexity index is 381. The number of benzene rings is 1. The summed E-state index contributed by atoms with van der Waals surface area (Å²) in [6.45, 7) is 2.55. The maximum absolute atomic E-state index is 6.16. The van der Waals surface area contributed by atoms with Crippen LogP contribution in [0.1, 0.15) is 5.56 Å². The van der Waals surface area contributed by atoms with E-state index in [2.05, 4.69) is 17.4 Å². The Balaban J connectivity index is 1.94. The van der Waals surface area contributed by atoms with Crippen LogP contribution >= 0.6 is 11.6 Å². The number of likely N-dealkylation sites (N-methyl/N-ethyl adjacent to an activating group) is 1. The highest BCUT2D eigenvalue weighted by Gasteiger charge is 2.25. The lowest BCUT2D eigenvalue weighted by Gasteiger charge is -2.36. The van der Waals surface area contributed by atoms with Gasteiger partial charge < -0.3 is 9.57 Å². The van der Waals surface area contributed by atoms with Gasteiger partial charge in [0.2, 0.25) is 0 Å². The van der Waals surface area contributed by atoms with E-state index in [1.165, 1.54) is 0 Å². The maximum atomic E-state index is 6.16. The van der Waals surface area contributed by atoms with Gasteiger partial charge in [0.1, 0.15) is 11.9 Å². The van der Waals surface area contributed by atoms with E-state index in [1.807, 2.05) is 18.2 Å². The van der Waals surface area contributed by atoms with E-state index >= 15 is 0 Å². The van der Waals surface area contributed by atoms with E-state index in [0.717, 1.165) is 24.4 Å². The van der Waals surface area contributed by atoms with Crippen molar-refractivity contribution in [2.75, 3.05) is 27.2 Å². The van der Waals surface area contributed by atoms with Gasteiger partial charge in [-0.1, -0.05) is 17.7 Å². The molecule has 0 aliphatic carbocycles. The Hall–Kier alpha value is -0.810. The Morgan fingerprint density at radius 1 is 1.47 bits per heavy atom. The molecule has 1 aromatic rings. The first-order chi connectivity index (χ1) is 8.19. The fourth-order valence-electron chi connectivity index (χ4n) is 1.80. The van der Waals surface area contributed by atoms with E-state index < -0.39 is 0 Å². The quantitative estimate of drug-likeness (QED) is 0.813. The van der Waals surface area contributed by atoms with Crippen molar-refractivity contribution in [1.29, 1.82) is 0 Å². The molecule has 1 aliphatic heterocycles. The summed E-state index contributed by atoms with van der Waals surface area (Å²) in [4.78, 5) is 6.99. The van der Waals surface area contributed by atoms with E-state index in [0.29, 0.717) is 11.6 Å². The van der Waals surface area contributed by atoms with Gasteiger partial charge in [-0.05, 0) is 24.7 Å². The number of rotatable bonds is 5. The van der Waals surface area contributed by atoms with Crippen molar-refractivity contribution in [2.24, 2.45) is 0 Å². The maximum Gasteiger partial charge on any atom is 0.138 e. The Morgan fingerprint density at radius 3 is 2.82 bits per heavy atom. The molecule has 0 saturated carbocycles. The van der Waals surface area contributed by atoms with Gasteiger partial charge >= 0.3 is 0 Å². The topological polar surface area (TPSA) is 33.7 Å². The minimum Gasteiger partial charge on any atom is -0.486 e. The molecule has 4 nitrogen and oxygen atoms in total. The van der Waals surface area contributed by atoms with Crippen LogP contribution in [0.5, 0.6) is 5.75 Å². The predicted molar refractivity (Wildman–Crippen MR) is 67.2 cm³/mol. The molecule has 2 rings (SSSR count). The molecule has 1 saturated heterocycles. The second-order valence-electron chi connectivity index (χ2n) is 4.25. The number of halogens is 1. The fraction of sp³-hybridized carbons (Fsp3) is 0.500. The highest BCUT2D eigenvalue weighted by atomic mass is 35.5. The fourth-order valence-corrected chi connectivity index (χ4v) is 2.05. The minimum absolute atomic E-state index is 0.264. The second-order valence-corrected chi connectivity index (χ2v) is 4.66. The number of likely N-dealkylation sites (tertiary alicyclic amines) is 1. The Kier molecular flexibility index (Phi) is 4.23. The van der Waals surface area contributed by atoms with Crippen LogP contribution < -0.4 is 10.2 Å². The van der Waals surface area contributed by atoms with Crippen LogP contribution in [-0.4, -0.2) is 38.3 Å². The summed E-state index contributed by atoms with van der Waals surface area (Å²) in [5, 5.41) is 0.648. The van der Waals surface area contributed by atoms with Crippen LogP contribution in [0.3, 0.4) is 0 Å². The molecular weight excluding hydrogens is 240 g/mol. The standard InChI is InChI=1S/C12H17ClN2O2/c1-15-7-10(8-15)17-12-4-3-9(5-11(12)13)6-14-16-2/h3-5,10,14H,6-8H2,1-2H3.